The number of nitrogens with one attached hydrogen (secondary N) is 1. The second-order valence-corrected chi connectivity index (χ2v) is 13.6. The van der Waals surface area contributed by atoms with E-state index >= 15 is 0 Å². The number of amides is 1. The predicted molar refractivity (Wildman–Crippen MR) is 179 cm³/mol. The molecule has 0 aromatic heterocycles. The van der Waals surface area contributed by atoms with E-state index < -0.39 is 47.6 Å². The monoisotopic (exact) mass is 662 g/mol. The summed E-state index contributed by atoms with van der Waals surface area (Å²) in [6, 6.07) is 14.1. The lowest BCUT2D eigenvalue weighted by molar-refractivity contribution is -0.224. The number of hydrogen-bond acceptors (Lipinski definition) is 9. The number of benzene rings is 2. The molecule has 3 N–H and O–H groups in total. The summed E-state index contributed by atoms with van der Waals surface area (Å²) in [5.74, 6) is -1.44. The van der Waals surface area contributed by atoms with E-state index in [1.54, 1.807) is 17.2 Å². The summed E-state index contributed by atoms with van der Waals surface area (Å²) < 4.78 is 19.8. The molecule has 48 heavy (non-hydrogen) atoms. The van der Waals surface area contributed by atoms with E-state index in [0.29, 0.717) is 6.42 Å². The largest absolute Gasteiger partial charge is 0.508 e. The van der Waals surface area contributed by atoms with Crippen molar-refractivity contribution >= 4 is 18.0 Å². The van der Waals surface area contributed by atoms with Crippen molar-refractivity contribution in [2.24, 2.45) is 5.41 Å². The van der Waals surface area contributed by atoms with Crippen LogP contribution in [-0.2, 0) is 41.6 Å². The average molecular weight is 663 g/mol. The number of esters is 1. The Morgan fingerprint density at radius 1 is 0.979 bits per heavy atom. The fourth-order valence-corrected chi connectivity index (χ4v) is 8.04. The van der Waals surface area contributed by atoms with Crippen LogP contribution in [0.4, 0.5) is 0 Å². The molecule has 6 atom stereocenters. The Morgan fingerprint density at radius 3 is 2.38 bits per heavy atom. The molecule has 1 saturated carbocycles. The van der Waals surface area contributed by atoms with E-state index in [9.17, 15) is 19.8 Å². The van der Waals surface area contributed by atoms with E-state index in [2.05, 4.69) is 19.2 Å². The lowest BCUT2D eigenvalue weighted by atomic mass is 9.62. The van der Waals surface area contributed by atoms with Crippen molar-refractivity contribution in [3.63, 3.8) is 0 Å². The van der Waals surface area contributed by atoms with Crippen LogP contribution >= 0.6 is 0 Å². The molecule has 6 rings (SSSR count). The number of para-hydroxylation sites is 1. The molecule has 4 aliphatic rings. The lowest BCUT2D eigenvalue weighted by Crippen LogP contribution is -2.69. The van der Waals surface area contributed by atoms with Crippen molar-refractivity contribution in [3.05, 3.63) is 71.3 Å². The van der Waals surface area contributed by atoms with Gasteiger partial charge in [0.25, 0.3) is 0 Å². The minimum atomic E-state index is -1.28. The summed E-state index contributed by atoms with van der Waals surface area (Å²) in [6.45, 7) is 4.40. The number of phenols is 1. The highest BCUT2D eigenvalue weighted by molar-refractivity contribution is 5.93. The number of nitrogens with zero attached hydrogens (tertiary/aromatic N) is 1. The molecule has 1 aliphatic carbocycles. The van der Waals surface area contributed by atoms with Crippen LogP contribution in [0.1, 0.15) is 88.3 Å². The molecule has 10 nitrogen and oxygen atoms in total. The number of rotatable bonds is 16. The summed E-state index contributed by atoms with van der Waals surface area (Å²) >= 11 is 0. The standard InChI is InChI=1S/C38H50N2O8/c1-3-5-11-20-37(21-12-6-4-2)46-31-30-24-38(36(44)39-22-23-41)33(35(43)45-30)40(48-34(38)32(31)47-37)25-28-16-8-7-14-26(28)17-13-18-27-15-9-10-19-29(27)42/h7-10,13-17,19,30-34,41-42H,3-6,11-12,18,20-25H2,1-2H3,(H,39,44)/t30-,31+,32+,33-,34-,38-/m1/s1. The maximum Gasteiger partial charge on any atom is 0.327 e. The third-order valence-electron chi connectivity index (χ3n) is 10.4. The molecule has 3 saturated heterocycles. The first-order valence-corrected chi connectivity index (χ1v) is 17.8. The molecule has 10 heteroatoms. The smallest absolute Gasteiger partial charge is 0.327 e. The van der Waals surface area contributed by atoms with E-state index in [4.69, 9.17) is 19.0 Å². The Morgan fingerprint density at radius 2 is 1.67 bits per heavy atom. The highest BCUT2D eigenvalue weighted by Crippen LogP contribution is 2.58. The predicted octanol–water partition coefficient (Wildman–Crippen LogP) is 5.20. The number of carbonyl (C=O) groups excluding carboxylic acids is 2. The van der Waals surface area contributed by atoms with Crippen molar-refractivity contribution in [1.29, 1.82) is 0 Å². The molecule has 2 aromatic rings. The van der Waals surface area contributed by atoms with Gasteiger partial charge in [0, 0.05) is 25.8 Å². The maximum atomic E-state index is 14.2. The molecule has 4 fully saturated rings. The van der Waals surface area contributed by atoms with E-state index in [1.807, 2.05) is 48.6 Å². The summed E-state index contributed by atoms with van der Waals surface area (Å²) in [6.07, 6.45) is 9.78. The summed E-state index contributed by atoms with van der Waals surface area (Å²) in [5, 5.41) is 24.3. The van der Waals surface area contributed by atoms with Gasteiger partial charge in [-0.2, -0.15) is 5.06 Å². The Kier molecular flexibility index (Phi) is 10.9. The molecular weight excluding hydrogens is 612 g/mol. The second-order valence-electron chi connectivity index (χ2n) is 13.6. The number of hydroxylamine groups is 2. The Labute approximate surface area is 283 Å². The zero-order valence-electron chi connectivity index (χ0n) is 28.1. The molecular formula is C38H50N2O8. The van der Waals surface area contributed by atoms with Crippen molar-refractivity contribution in [2.75, 3.05) is 13.2 Å². The van der Waals surface area contributed by atoms with Gasteiger partial charge in [0.2, 0.25) is 5.91 Å². The molecule has 0 radical (unpaired) electrons. The number of aromatic hydroxyl groups is 1. The molecule has 0 spiro atoms. The second kappa shape index (κ2) is 15.1. The number of hydrogen-bond donors (Lipinski definition) is 3. The van der Waals surface area contributed by atoms with Crippen LogP contribution in [0.3, 0.4) is 0 Å². The van der Waals surface area contributed by atoms with Gasteiger partial charge < -0.3 is 29.7 Å². The zero-order chi connectivity index (χ0) is 33.7. The summed E-state index contributed by atoms with van der Waals surface area (Å²) in [7, 11) is 0. The van der Waals surface area contributed by atoms with Gasteiger partial charge in [0.05, 0.1) is 13.2 Å². The molecule has 3 aliphatic heterocycles. The minimum absolute atomic E-state index is 0.0633. The Bertz CT molecular complexity index is 1450. The van der Waals surface area contributed by atoms with Gasteiger partial charge in [-0.1, -0.05) is 94.1 Å². The fourth-order valence-electron chi connectivity index (χ4n) is 8.04. The number of phenolic OH excluding ortho intramolecular Hbond substituents is 1. The van der Waals surface area contributed by atoms with Gasteiger partial charge in [-0.15, -0.1) is 0 Å². The highest BCUT2D eigenvalue weighted by Gasteiger charge is 2.76. The summed E-state index contributed by atoms with van der Waals surface area (Å²) in [4.78, 5) is 34.9. The van der Waals surface area contributed by atoms with Crippen LogP contribution in [0.25, 0.3) is 6.08 Å². The Hall–Kier alpha value is -3.28. The highest BCUT2D eigenvalue weighted by atomic mass is 16.8. The third-order valence-corrected chi connectivity index (χ3v) is 10.4. The number of aliphatic hydroxyl groups excluding tert-OH is 1. The van der Waals surface area contributed by atoms with Crippen molar-refractivity contribution in [2.45, 2.75) is 121 Å². The Balaban J connectivity index is 1.31. The van der Waals surface area contributed by atoms with Gasteiger partial charge in [0.15, 0.2) is 11.8 Å². The average Bonchev–Trinajstić information content (AvgIpc) is 3.64. The van der Waals surface area contributed by atoms with Crippen LogP contribution in [0, 0.1) is 5.41 Å². The van der Waals surface area contributed by atoms with Crippen LogP contribution in [0.5, 0.6) is 5.75 Å². The fraction of sp³-hybridized carbons (Fsp3) is 0.579. The topological polar surface area (TPSA) is 127 Å². The van der Waals surface area contributed by atoms with Gasteiger partial charge in [-0.05, 0) is 42.0 Å². The molecule has 2 aromatic carbocycles. The zero-order valence-corrected chi connectivity index (χ0v) is 28.1. The quantitative estimate of drug-likeness (QED) is 0.164. The minimum Gasteiger partial charge on any atom is -0.508 e. The van der Waals surface area contributed by atoms with Crippen LogP contribution in [-0.4, -0.2) is 76.5 Å². The van der Waals surface area contributed by atoms with E-state index in [0.717, 1.165) is 68.1 Å². The van der Waals surface area contributed by atoms with Gasteiger partial charge >= 0.3 is 5.97 Å². The lowest BCUT2D eigenvalue weighted by Gasteiger charge is -2.48. The first kappa shape index (κ1) is 34.6. The van der Waals surface area contributed by atoms with Crippen LogP contribution in [0.15, 0.2) is 54.6 Å². The van der Waals surface area contributed by atoms with Crippen LogP contribution < -0.4 is 5.32 Å². The van der Waals surface area contributed by atoms with E-state index in [1.165, 1.54) is 0 Å². The first-order chi connectivity index (χ1) is 23.4. The number of fused-ring (bicyclic) bond motifs is 4. The normalized spacial score (nSPS) is 28.8. The number of unbranched alkanes of at least 4 members (excludes halogenated alkanes) is 4. The molecule has 1 amide bonds. The van der Waals surface area contributed by atoms with E-state index in [-0.39, 0.29) is 37.8 Å². The molecule has 260 valence electrons. The molecule has 3 heterocycles. The van der Waals surface area contributed by atoms with Gasteiger partial charge in [-0.3, -0.25) is 14.4 Å². The number of aliphatic hydroxyl groups is 1. The summed E-state index contributed by atoms with van der Waals surface area (Å²) in [5.41, 5.74) is 1.37. The van der Waals surface area contributed by atoms with Crippen molar-refractivity contribution < 1.29 is 38.9 Å². The number of carbonyl (C=O) groups is 2. The SMILES string of the molecule is CCCCCC1(CCCCC)O[C@@H]2[C@H](O1)[C@H]1ON(Cc3ccccc3C=CCc3ccccc3O)[C@@H]3C(=O)O[C@@H]2C[C@]13C(=O)NCCO. The first-order valence-electron chi connectivity index (χ1n) is 17.8. The number of allylic oxidation sites excluding steroid dienone is 1. The molecule has 2 bridgehead atoms. The number of ether oxygens (including phenoxy) is 3. The van der Waals surface area contributed by atoms with Crippen molar-refractivity contribution in [3.8, 4) is 5.75 Å². The maximum absolute atomic E-state index is 14.2. The third kappa shape index (κ3) is 6.65. The van der Waals surface area contributed by atoms with Gasteiger partial charge in [0.1, 0.15) is 35.6 Å². The van der Waals surface area contributed by atoms with Crippen molar-refractivity contribution in [1.82, 2.24) is 10.4 Å². The van der Waals surface area contributed by atoms with Gasteiger partial charge in [-0.25, -0.2) is 0 Å². The van der Waals surface area contributed by atoms with Crippen LogP contribution in [0.2, 0.25) is 0 Å². The molecule has 0 unspecified atom stereocenters.